The van der Waals surface area contributed by atoms with E-state index in [1.807, 2.05) is 37.6 Å². The molecule has 3 nitrogen and oxygen atoms in total. The summed E-state index contributed by atoms with van der Waals surface area (Å²) < 4.78 is 0. The fourth-order valence-electron chi connectivity index (χ4n) is 1.25. The fraction of sp³-hybridized carbons (Fsp3) is 0.667. The standard InChI is InChI=1S/C12H21NO2S/c1-9(2)12(3,15)8-13-6-11(14)10-4-5-16-7-10/h4-5,7,9,11,13-15H,6,8H2,1-3H3. The molecular formula is C12H21NO2S. The molecule has 1 rings (SSSR count). The van der Waals surface area contributed by atoms with E-state index in [1.165, 1.54) is 0 Å². The summed E-state index contributed by atoms with van der Waals surface area (Å²) in [7, 11) is 0. The maximum Gasteiger partial charge on any atom is 0.0922 e. The summed E-state index contributed by atoms with van der Waals surface area (Å²) in [5.41, 5.74) is 0.204. The highest BCUT2D eigenvalue weighted by Gasteiger charge is 2.24. The van der Waals surface area contributed by atoms with Crippen molar-refractivity contribution in [1.29, 1.82) is 0 Å². The van der Waals surface area contributed by atoms with Gasteiger partial charge < -0.3 is 15.5 Å². The third-order valence-electron chi connectivity index (χ3n) is 2.99. The molecule has 0 bridgehead atoms. The Hall–Kier alpha value is -0.420. The lowest BCUT2D eigenvalue weighted by Gasteiger charge is -2.28. The summed E-state index contributed by atoms with van der Waals surface area (Å²) in [5, 5.41) is 26.8. The van der Waals surface area contributed by atoms with Gasteiger partial charge in [0, 0.05) is 13.1 Å². The highest BCUT2D eigenvalue weighted by Crippen LogP contribution is 2.17. The van der Waals surface area contributed by atoms with E-state index in [-0.39, 0.29) is 5.92 Å². The molecule has 1 aromatic rings. The highest BCUT2D eigenvalue weighted by molar-refractivity contribution is 7.07. The van der Waals surface area contributed by atoms with Crippen LogP contribution < -0.4 is 5.32 Å². The second-order valence-corrected chi connectivity index (χ2v) is 5.50. The highest BCUT2D eigenvalue weighted by atomic mass is 32.1. The van der Waals surface area contributed by atoms with Crippen molar-refractivity contribution >= 4 is 11.3 Å². The molecule has 0 saturated carbocycles. The molecule has 0 aliphatic rings. The van der Waals surface area contributed by atoms with Crippen molar-refractivity contribution in [3.8, 4) is 0 Å². The van der Waals surface area contributed by atoms with E-state index in [4.69, 9.17) is 0 Å². The molecule has 0 spiro atoms. The van der Waals surface area contributed by atoms with Gasteiger partial charge in [-0.3, -0.25) is 0 Å². The van der Waals surface area contributed by atoms with E-state index in [9.17, 15) is 10.2 Å². The fourth-order valence-corrected chi connectivity index (χ4v) is 1.96. The SMILES string of the molecule is CC(C)C(C)(O)CNCC(O)c1ccsc1. The van der Waals surface area contributed by atoms with Gasteiger partial charge in [0.25, 0.3) is 0 Å². The van der Waals surface area contributed by atoms with Gasteiger partial charge in [-0.05, 0) is 35.2 Å². The van der Waals surface area contributed by atoms with E-state index < -0.39 is 11.7 Å². The van der Waals surface area contributed by atoms with Gasteiger partial charge in [-0.25, -0.2) is 0 Å². The number of thiophene rings is 1. The zero-order valence-electron chi connectivity index (χ0n) is 10.1. The van der Waals surface area contributed by atoms with E-state index in [1.54, 1.807) is 11.3 Å². The van der Waals surface area contributed by atoms with Crippen molar-refractivity contribution < 1.29 is 10.2 Å². The van der Waals surface area contributed by atoms with Gasteiger partial charge in [-0.2, -0.15) is 11.3 Å². The normalized spacial score (nSPS) is 17.4. The maximum absolute atomic E-state index is 9.99. The molecule has 0 aliphatic carbocycles. The van der Waals surface area contributed by atoms with Crippen LogP contribution in [0.3, 0.4) is 0 Å². The number of aliphatic hydroxyl groups is 2. The Labute approximate surface area is 101 Å². The predicted octanol–water partition coefficient (Wildman–Crippen LogP) is 1.78. The largest absolute Gasteiger partial charge is 0.389 e. The molecule has 2 unspecified atom stereocenters. The number of aliphatic hydroxyl groups excluding tert-OH is 1. The zero-order valence-corrected chi connectivity index (χ0v) is 10.9. The first-order valence-corrected chi connectivity index (χ1v) is 6.51. The Bertz CT molecular complexity index is 296. The summed E-state index contributed by atoms with van der Waals surface area (Å²) in [6.07, 6.45) is -0.491. The smallest absolute Gasteiger partial charge is 0.0922 e. The third kappa shape index (κ3) is 3.87. The zero-order chi connectivity index (χ0) is 12.2. The lowest BCUT2D eigenvalue weighted by atomic mass is 9.92. The van der Waals surface area contributed by atoms with Gasteiger partial charge in [0.2, 0.25) is 0 Å². The van der Waals surface area contributed by atoms with E-state index in [0.29, 0.717) is 13.1 Å². The Morgan fingerprint density at radius 1 is 1.50 bits per heavy atom. The van der Waals surface area contributed by atoms with Gasteiger partial charge in [-0.15, -0.1) is 0 Å². The Morgan fingerprint density at radius 3 is 2.69 bits per heavy atom. The van der Waals surface area contributed by atoms with Gasteiger partial charge in [-0.1, -0.05) is 13.8 Å². The van der Waals surface area contributed by atoms with Crippen molar-refractivity contribution in [2.75, 3.05) is 13.1 Å². The van der Waals surface area contributed by atoms with Crippen LogP contribution in [0.2, 0.25) is 0 Å². The number of nitrogens with one attached hydrogen (secondary N) is 1. The van der Waals surface area contributed by atoms with Gasteiger partial charge in [0.15, 0.2) is 0 Å². The topological polar surface area (TPSA) is 52.5 Å². The molecular weight excluding hydrogens is 222 g/mol. The van der Waals surface area contributed by atoms with Crippen LogP contribution in [0.15, 0.2) is 16.8 Å². The molecule has 3 N–H and O–H groups in total. The average Bonchev–Trinajstić information content (AvgIpc) is 2.69. The number of hydrogen-bond acceptors (Lipinski definition) is 4. The first-order valence-electron chi connectivity index (χ1n) is 5.56. The molecule has 92 valence electrons. The van der Waals surface area contributed by atoms with E-state index in [2.05, 4.69) is 5.32 Å². The van der Waals surface area contributed by atoms with Crippen LogP contribution in [-0.2, 0) is 0 Å². The molecule has 0 radical (unpaired) electrons. The van der Waals surface area contributed by atoms with Crippen LogP contribution in [0, 0.1) is 5.92 Å². The molecule has 1 aromatic heterocycles. The van der Waals surface area contributed by atoms with Crippen LogP contribution in [0.1, 0.15) is 32.4 Å². The second kappa shape index (κ2) is 5.77. The Kier molecular flexibility index (Phi) is 4.92. The van der Waals surface area contributed by atoms with Crippen LogP contribution in [0.25, 0.3) is 0 Å². The maximum atomic E-state index is 9.99. The molecule has 16 heavy (non-hydrogen) atoms. The molecule has 4 heteroatoms. The number of hydrogen-bond donors (Lipinski definition) is 3. The average molecular weight is 243 g/mol. The van der Waals surface area contributed by atoms with Crippen molar-refractivity contribution in [1.82, 2.24) is 5.32 Å². The minimum Gasteiger partial charge on any atom is -0.389 e. The molecule has 0 aliphatic heterocycles. The van der Waals surface area contributed by atoms with Crippen molar-refractivity contribution in [3.05, 3.63) is 22.4 Å². The molecule has 0 saturated heterocycles. The first-order chi connectivity index (χ1) is 7.43. The molecule has 0 fully saturated rings. The quantitative estimate of drug-likeness (QED) is 0.714. The first kappa shape index (κ1) is 13.6. The minimum absolute atomic E-state index is 0.193. The molecule has 1 heterocycles. The van der Waals surface area contributed by atoms with Crippen molar-refractivity contribution in [2.24, 2.45) is 5.92 Å². The predicted molar refractivity (Wildman–Crippen MR) is 67.6 cm³/mol. The molecule has 0 amide bonds. The Balaban J connectivity index is 2.31. The molecule has 2 atom stereocenters. The van der Waals surface area contributed by atoms with Gasteiger partial charge in [0.05, 0.1) is 11.7 Å². The van der Waals surface area contributed by atoms with Crippen LogP contribution in [0.4, 0.5) is 0 Å². The third-order valence-corrected chi connectivity index (χ3v) is 3.69. The lowest BCUT2D eigenvalue weighted by Crippen LogP contribution is -2.43. The summed E-state index contributed by atoms with van der Waals surface area (Å²) >= 11 is 1.57. The van der Waals surface area contributed by atoms with Gasteiger partial charge in [0.1, 0.15) is 0 Å². The summed E-state index contributed by atoms with van der Waals surface area (Å²) in [5.74, 6) is 0.193. The minimum atomic E-state index is -0.728. The lowest BCUT2D eigenvalue weighted by molar-refractivity contribution is 0.0116. The van der Waals surface area contributed by atoms with E-state index >= 15 is 0 Å². The van der Waals surface area contributed by atoms with Crippen LogP contribution >= 0.6 is 11.3 Å². The van der Waals surface area contributed by atoms with E-state index in [0.717, 1.165) is 5.56 Å². The van der Waals surface area contributed by atoms with Crippen molar-refractivity contribution in [2.45, 2.75) is 32.5 Å². The van der Waals surface area contributed by atoms with Gasteiger partial charge >= 0.3 is 0 Å². The summed E-state index contributed by atoms with van der Waals surface area (Å²) in [6, 6.07) is 1.91. The Morgan fingerprint density at radius 2 is 2.19 bits per heavy atom. The second-order valence-electron chi connectivity index (χ2n) is 4.72. The van der Waals surface area contributed by atoms with Crippen LogP contribution in [-0.4, -0.2) is 28.9 Å². The number of rotatable bonds is 6. The summed E-state index contributed by atoms with van der Waals surface area (Å²) in [4.78, 5) is 0. The van der Waals surface area contributed by atoms with Crippen LogP contribution in [0.5, 0.6) is 0 Å². The monoisotopic (exact) mass is 243 g/mol. The molecule has 0 aromatic carbocycles. The summed E-state index contributed by atoms with van der Waals surface area (Å²) in [6.45, 7) is 6.74. The van der Waals surface area contributed by atoms with Crippen molar-refractivity contribution in [3.63, 3.8) is 0 Å².